The average molecular weight is 248 g/mol. The normalized spacial score (nSPS) is 10.3. The highest BCUT2D eigenvalue weighted by Crippen LogP contribution is 2.05. The summed E-state index contributed by atoms with van der Waals surface area (Å²) in [6, 6.07) is 1.82. The lowest BCUT2D eigenvalue weighted by Crippen LogP contribution is -2.09. The Balaban J connectivity index is 1.84. The first-order valence-corrected chi connectivity index (χ1v) is 5.88. The van der Waals surface area contributed by atoms with Gasteiger partial charge in [0.25, 0.3) is 0 Å². The predicted octanol–water partition coefficient (Wildman–Crippen LogP) is 1.25. The summed E-state index contributed by atoms with van der Waals surface area (Å²) < 4.78 is 5.02. The number of hydrogen-bond acceptors (Lipinski definition) is 7. The van der Waals surface area contributed by atoms with Crippen LogP contribution in [0, 0.1) is 6.92 Å². The minimum atomic E-state index is 0.621. The third kappa shape index (κ3) is 3.41. The van der Waals surface area contributed by atoms with Crippen molar-refractivity contribution in [1.82, 2.24) is 20.1 Å². The van der Waals surface area contributed by atoms with Gasteiger partial charge in [0.1, 0.15) is 5.82 Å². The quantitative estimate of drug-likeness (QED) is 0.795. The number of nitrogens with one attached hydrogen (secondary N) is 2. The van der Waals surface area contributed by atoms with Crippen molar-refractivity contribution in [2.75, 3.05) is 23.7 Å². The van der Waals surface area contributed by atoms with Crippen LogP contribution in [-0.2, 0) is 6.42 Å². The topological polar surface area (TPSA) is 88.8 Å². The van der Waals surface area contributed by atoms with Crippen LogP contribution in [0.15, 0.2) is 16.8 Å². The van der Waals surface area contributed by atoms with E-state index in [1.54, 1.807) is 13.1 Å². The molecule has 96 valence electrons. The van der Waals surface area contributed by atoms with Crippen molar-refractivity contribution in [1.29, 1.82) is 0 Å². The van der Waals surface area contributed by atoms with Gasteiger partial charge >= 0.3 is 0 Å². The van der Waals surface area contributed by atoms with E-state index in [-0.39, 0.29) is 0 Å². The molecule has 0 aliphatic rings. The Morgan fingerprint density at radius 2 is 2.17 bits per heavy atom. The lowest BCUT2D eigenvalue weighted by molar-refractivity contribution is 0.377. The van der Waals surface area contributed by atoms with Gasteiger partial charge in [-0.3, -0.25) is 0 Å². The molecule has 0 atom stereocenters. The second kappa shape index (κ2) is 5.95. The summed E-state index contributed by atoms with van der Waals surface area (Å²) in [5.41, 5.74) is 0. The molecule has 18 heavy (non-hydrogen) atoms. The van der Waals surface area contributed by atoms with Crippen LogP contribution in [0.4, 0.5) is 11.8 Å². The molecule has 0 saturated carbocycles. The predicted molar refractivity (Wildman–Crippen MR) is 67.4 cm³/mol. The third-order valence-corrected chi connectivity index (χ3v) is 2.21. The minimum Gasteiger partial charge on any atom is -0.369 e. The van der Waals surface area contributed by atoms with Crippen LogP contribution < -0.4 is 10.6 Å². The van der Waals surface area contributed by atoms with E-state index in [9.17, 15) is 0 Å². The number of aromatic nitrogens is 4. The number of aryl methyl sites for hydroxylation is 1. The van der Waals surface area contributed by atoms with Crippen molar-refractivity contribution in [3.63, 3.8) is 0 Å². The molecule has 0 aliphatic heterocycles. The Morgan fingerprint density at radius 3 is 2.89 bits per heavy atom. The molecule has 0 aliphatic carbocycles. The summed E-state index contributed by atoms with van der Waals surface area (Å²) in [6.07, 6.45) is 2.38. The summed E-state index contributed by atoms with van der Waals surface area (Å²) in [5.74, 6) is 2.68. The van der Waals surface area contributed by atoms with Gasteiger partial charge in [-0.25, -0.2) is 4.98 Å². The molecule has 0 aromatic carbocycles. The molecule has 2 N–H and O–H groups in total. The Kier molecular flexibility index (Phi) is 4.06. The number of rotatable bonds is 6. The van der Waals surface area contributed by atoms with Gasteiger partial charge in [0.15, 0.2) is 5.82 Å². The summed E-state index contributed by atoms with van der Waals surface area (Å²) in [4.78, 5) is 12.5. The van der Waals surface area contributed by atoms with Crippen molar-refractivity contribution >= 4 is 11.8 Å². The second-order valence-electron chi connectivity index (χ2n) is 3.71. The first-order chi connectivity index (χ1) is 8.78. The highest BCUT2D eigenvalue weighted by molar-refractivity contribution is 5.39. The fourth-order valence-electron chi connectivity index (χ4n) is 1.44. The summed E-state index contributed by atoms with van der Waals surface area (Å²) in [5, 5.41) is 9.97. The van der Waals surface area contributed by atoms with Gasteiger partial charge in [-0.1, -0.05) is 5.16 Å². The largest absolute Gasteiger partial charge is 0.369 e. The Labute approximate surface area is 105 Å². The first kappa shape index (κ1) is 12.3. The van der Waals surface area contributed by atoms with E-state index in [1.165, 1.54) is 0 Å². The van der Waals surface area contributed by atoms with Crippen LogP contribution >= 0.6 is 0 Å². The Morgan fingerprint density at radius 1 is 1.28 bits per heavy atom. The number of anilines is 2. The van der Waals surface area contributed by atoms with Crippen LogP contribution in [0.2, 0.25) is 0 Å². The lowest BCUT2D eigenvalue weighted by Gasteiger charge is -2.05. The SMILES string of the molecule is CCNc1nccc(NCCc2nc(C)no2)n1. The molecule has 2 rings (SSSR count). The van der Waals surface area contributed by atoms with Crippen LogP contribution in [0.25, 0.3) is 0 Å². The molecule has 0 spiro atoms. The maximum absolute atomic E-state index is 5.02. The average Bonchev–Trinajstić information content (AvgIpc) is 2.76. The molecule has 0 saturated heterocycles. The molecule has 2 heterocycles. The molecule has 0 fully saturated rings. The highest BCUT2D eigenvalue weighted by atomic mass is 16.5. The van der Waals surface area contributed by atoms with Gasteiger partial charge in [-0.05, 0) is 19.9 Å². The molecule has 7 nitrogen and oxygen atoms in total. The zero-order chi connectivity index (χ0) is 12.8. The molecule has 2 aromatic heterocycles. The van der Waals surface area contributed by atoms with Crippen LogP contribution in [-0.4, -0.2) is 33.2 Å². The van der Waals surface area contributed by atoms with Gasteiger partial charge in [-0.2, -0.15) is 9.97 Å². The molecule has 0 radical (unpaired) electrons. The molecule has 7 heteroatoms. The molecular weight excluding hydrogens is 232 g/mol. The zero-order valence-electron chi connectivity index (χ0n) is 10.5. The van der Waals surface area contributed by atoms with E-state index in [2.05, 4.69) is 30.7 Å². The van der Waals surface area contributed by atoms with E-state index in [0.717, 1.165) is 12.4 Å². The zero-order valence-corrected chi connectivity index (χ0v) is 10.5. The standard InChI is InChI=1S/C11H16N6O/c1-3-12-11-14-6-4-9(16-11)13-7-5-10-15-8(2)17-18-10/h4,6H,3,5,7H2,1-2H3,(H2,12,13,14,16). The van der Waals surface area contributed by atoms with Crippen molar-refractivity contribution in [3.8, 4) is 0 Å². The minimum absolute atomic E-state index is 0.621. The molecule has 2 aromatic rings. The van der Waals surface area contributed by atoms with Crippen molar-refractivity contribution < 1.29 is 4.52 Å². The Bertz CT molecular complexity index is 498. The molecule has 0 amide bonds. The monoisotopic (exact) mass is 248 g/mol. The Hall–Kier alpha value is -2.18. The van der Waals surface area contributed by atoms with Gasteiger partial charge in [0.05, 0.1) is 0 Å². The van der Waals surface area contributed by atoms with Crippen LogP contribution in [0.5, 0.6) is 0 Å². The fraction of sp³-hybridized carbons (Fsp3) is 0.455. The number of hydrogen-bond donors (Lipinski definition) is 2. The van der Waals surface area contributed by atoms with Gasteiger partial charge in [0, 0.05) is 25.7 Å². The lowest BCUT2D eigenvalue weighted by atomic mass is 10.4. The summed E-state index contributed by atoms with van der Waals surface area (Å²) in [6.45, 7) is 5.28. The number of nitrogens with zero attached hydrogens (tertiary/aromatic N) is 4. The van der Waals surface area contributed by atoms with Crippen LogP contribution in [0.3, 0.4) is 0 Å². The van der Waals surface area contributed by atoms with E-state index >= 15 is 0 Å². The summed E-state index contributed by atoms with van der Waals surface area (Å²) >= 11 is 0. The molecule has 0 bridgehead atoms. The van der Waals surface area contributed by atoms with E-state index in [1.807, 2.05) is 13.0 Å². The molecule has 0 unspecified atom stereocenters. The van der Waals surface area contributed by atoms with Gasteiger partial charge < -0.3 is 15.2 Å². The highest BCUT2D eigenvalue weighted by Gasteiger charge is 2.02. The van der Waals surface area contributed by atoms with Crippen molar-refractivity contribution in [2.45, 2.75) is 20.3 Å². The van der Waals surface area contributed by atoms with Crippen molar-refractivity contribution in [2.24, 2.45) is 0 Å². The fourth-order valence-corrected chi connectivity index (χ4v) is 1.44. The van der Waals surface area contributed by atoms with E-state index < -0.39 is 0 Å². The van der Waals surface area contributed by atoms with E-state index in [0.29, 0.717) is 30.6 Å². The maximum Gasteiger partial charge on any atom is 0.228 e. The summed E-state index contributed by atoms with van der Waals surface area (Å²) in [7, 11) is 0. The van der Waals surface area contributed by atoms with Gasteiger partial charge in [-0.15, -0.1) is 0 Å². The molecular formula is C11H16N6O. The third-order valence-electron chi connectivity index (χ3n) is 2.21. The second-order valence-corrected chi connectivity index (χ2v) is 3.71. The maximum atomic E-state index is 5.02. The van der Waals surface area contributed by atoms with Crippen molar-refractivity contribution in [3.05, 3.63) is 24.0 Å². The first-order valence-electron chi connectivity index (χ1n) is 5.88. The smallest absolute Gasteiger partial charge is 0.228 e. The van der Waals surface area contributed by atoms with Gasteiger partial charge in [0.2, 0.25) is 11.8 Å². The van der Waals surface area contributed by atoms with Crippen LogP contribution in [0.1, 0.15) is 18.6 Å². The van der Waals surface area contributed by atoms with E-state index in [4.69, 9.17) is 4.52 Å².